The monoisotopic (exact) mass is 241 g/mol. The van der Waals surface area contributed by atoms with Crippen molar-refractivity contribution in [1.29, 1.82) is 0 Å². The number of ether oxygens (including phenoxy) is 1. The summed E-state index contributed by atoms with van der Waals surface area (Å²) in [4.78, 5) is 11.6. The lowest BCUT2D eigenvalue weighted by atomic mass is 9.75. The van der Waals surface area contributed by atoms with Crippen LogP contribution in [0, 0.1) is 5.41 Å². The van der Waals surface area contributed by atoms with E-state index in [0.717, 1.165) is 0 Å². The van der Waals surface area contributed by atoms with Gasteiger partial charge in [-0.3, -0.25) is 4.79 Å². The van der Waals surface area contributed by atoms with Crippen LogP contribution in [0.3, 0.4) is 0 Å². The molecule has 0 aliphatic heterocycles. The highest BCUT2D eigenvalue weighted by atomic mass is 19.4. The van der Waals surface area contributed by atoms with Crippen LogP contribution < -0.4 is 5.73 Å². The standard InChI is InChI=1S/C10H18F3NO2/c1-4-9(5-2,8(15)16-6-3)7(14)10(11,12)13/h7H,4-6,14H2,1-3H3/t7-/m1/s1. The van der Waals surface area contributed by atoms with Crippen molar-refractivity contribution < 1.29 is 22.7 Å². The van der Waals surface area contributed by atoms with Crippen LogP contribution in [0.1, 0.15) is 33.6 Å². The number of alkyl halides is 3. The van der Waals surface area contributed by atoms with Gasteiger partial charge in [-0.2, -0.15) is 13.2 Å². The van der Waals surface area contributed by atoms with E-state index >= 15 is 0 Å². The molecular formula is C10H18F3NO2. The summed E-state index contributed by atoms with van der Waals surface area (Å²) < 4.78 is 42.4. The Balaban J connectivity index is 5.17. The zero-order valence-corrected chi connectivity index (χ0v) is 9.73. The lowest BCUT2D eigenvalue weighted by Crippen LogP contribution is -2.55. The average Bonchev–Trinajstić information content (AvgIpc) is 2.19. The molecule has 1 atom stereocenters. The summed E-state index contributed by atoms with van der Waals surface area (Å²) >= 11 is 0. The van der Waals surface area contributed by atoms with E-state index in [1.165, 1.54) is 13.8 Å². The minimum absolute atomic E-state index is 0.00299. The van der Waals surface area contributed by atoms with Gasteiger partial charge in [-0.15, -0.1) is 0 Å². The SMILES string of the molecule is CCOC(=O)C(CC)(CC)[C@@H](N)C(F)(F)F. The number of rotatable bonds is 5. The molecule has 0 aromatic carbocycles. The molecule has 0 saturated carbocycles. The third kappa shape index (κ3) is 2.87. The lowest BCUT2D eigenvalue weighted by molar-refractivity contribution is -0.193. The van der Waals surface area contributed by atoms with Crippen LogP contribution in [0.4, 0.5) is 13.2 Å². The van der Waals surface area contributed by atoms with Crippen molar-refractivity contribution in [3.05, 3.63) is 0 Å². The highest BCUT2D eigenvalue weighted by Crippen LogP contribution is 2.39. The molecule has 0 aliphatic rings. The van der Waals surface area contributed by atoms with Crippen LogP contribution in [0.2, 0.25) is 0 Å². The van der Waals surface area contributed by atoms with E-state index in [9.17, 15) is 18.0 Å². The van der Waals surface area contributed by atoms with Gasteiger partial charge in [0.2, 0.25) is 0 Å². The van der Waals surface area contributed by atoms with Gasteiger partial charge in [-0.1, -0.05) is 13.8 Å². The van der Waals surface area contributed by atoms with Crippen molar-refractivity contribution in [3.63, 3.8) is 0 Å². The smallest absolute Gasteiger partial charge is 0.404 e. The molecule has 96 valence electrons. The Labute approximate surface area is 93.1 Å². The van der Waals surface area contributed by atoms with Gasteiger partial charge in [-0.25, -0.2) is 0 Å². The average molecular weight is 241 g/mol. The summed E-state index contributed by atoms with van der Waals surface area (Å²) in [5.41, 5.74) is 3.48. The first-order valence-electron chi connectivity index (χ1n) is 5.25. The molecule has 0 rings (SSSR count). The fourth-order valence-electron chi connectivity index (χ4n) is 1.69. The molecule has 0 amide bonds. The van der Waals surface area contributed by atoms with Gasteiger partial charge in [0.25, 0.3) is 0 Å². The Morgan fingerprint density at radius 3 is 1.94 bits per heavy atom. The van der Waals surface area contributed by atoms with Gasteiger partial charge in [0.05, 0.1) is 12.0 Å². The Morgan fingerprint density at radius 2 is 1.69 bits per heavy atom. The third-order valence-electron chi connectivity index (χ3n) is 2.89. The Kier molecular flexibility index (Phi) is 5.25. The van der Waals surface area contributed by atoms with Crippen molar-refractivity contribution in [3.8, 4) is 0 Å². The van der Waals surface area contributed by atoms with E-state index in [1.807, 2.05) is 0 Å². The Hall–Kier alpha value is -0.780. The summed E-state index contributed by atoms with van der Waals surface area (Å²) in [6.45, 7) is 4.61. The normalized spacial score (nSPS) is 14.7. The van der Waals surface area contributed by atoms with E-state index in [2.05, 4.69) is 4.74 Å². The molecule has 0 fully saturated rings. The van der Waals surface area contributed by atoms with Crippen molar-refractivity contribution in [2.45, 2.75) is 45.8 Å². The first-order valence-corrected chi connectivity index (χ1v) is 5.25. The highest BCUT2D eigenvalue weighted by molar-refractivity contribution is 5.77. The van der Waals surface area contributed by atoms with Gasteiger partial charge < -0.3 is 10.5 Å². The maximum atomic E-state index is 12.6. The number of halogens is 3. The maximum absolute atomic E-state index is 12.6. The predicted octanol–water partition coefficient (Wildman–Crippen LogP) is 2.25. The molecule has 3 nitrogen and oxygen atoms in total. The van der Waals surface area contributed by atoms with Crippen LogP contribution >= 0.6 is 0 Å². The van der Waals surface area contributed by atoms with E-state index in [-0.39, 0.29) is 19.4 Å². The lowest BCUT2D eigenvalue weighted by Gasteiger charge is -2.35. The first kappa shape index (κ1) is 15.2. The molecule has 0 heterocycles. The van der Waals surface area contributed by atoms with E-state index in [4.69, 9.17) is 5.73 Å². The molecule has 0 aliphatic carbocycles. The van der Waals surface area contributed by atoms with Crippen LogP contribution in [0.15, 0.2) is 0 Å². The van der Waals surface area contributed by atoms with Gasteiger partial charge in [-0.05, 0) is 19.8 Å². The Bertz CT molecular complexity index is 237. The molecule has 6 heteroatoms. The zero-order chi connectivity index (χ0) is 13.0. The van der Waals surface area contributed by atoms with Crippen LogP contribution in [-0.2, 0) is 9.53 Å². The zero-order valence-electron chi connectivity index (χ0n) is 9.73. The number of esters is 1. The molecular weight excluding hydrogens is 223 g/mol. The minimum Gasteiger partial charge on any atom is -0.466 e. The number of nitrogens with two attached hydrogens (primary N) is 1. The van der Waals surface area contributed by atoms with Crippen LogP contribution in [0.5, 0.6) is 0 Å². The predicted molar refractivity (Wildman–Crippen MR) is 53.7 cm³/mol. The van der Waals surface area contributed by atoms with E-state index in [0.29, 0.717) is 0 Å². The molecule has 0 radical (unpaired) electrons. The summed E-state index contributed by atoms with van der Waals surface area (Å²) in [5, 5.41) is 0. The second kappa shape index (κ2) is 5.52. The number of hydrogen-bond donors (Lipinski definition) is 1. The molecule has 0 saturated heterocycles. The first-order chi connectivity index (χ1) is 7.26. The van der Waals surface area contributed by atoms with Gasteiger partial charge in [0.15, 0.2) is 0 Å². The quantitative estimate of drug-likeness (QED) is 0.751. The fourth-order valence-corrected chi connectivity index (χ4v) is 1.69. The number of carbonyl (C=O) groups is 1. The van der Waals surface area contributed by atoms with Crippen molar-refractivity contribution in [2.75, 3.05) is 6.61 Å². The number of carbonyl (C=O) groups excluding carboxylic acids is 1. The largest absolute Gasteiger partial charge is 0.466 e. The molecule has 16 heavy (non-hydrogen) atoms. The molecule has 2 N–H and O–H groups in total. The summed E-state index contributed by atoms with van der Waals surface area (Å²) in [6.07, 6.45) is -4.59. The van der Waals surface area contributed by atoms with Crippen LogP contribution in [0.25, 0.3) is 0 Å². The topological polar surface area (TPSA) is 52.3 Å². The molecule has 0 aromatic rings. The van der Waals surface area contributed by atoms with Gasteiger partial charge >= 0.3 is 12.1 Å². The minimum atomic E-state index is -4.60. The van der Waals surface area contributed by atoms with E-state index < -0.39 is 23.6 Å². The summed E-state index contributed by atoms with van der Waals surface area (Å²) in [5.74, 6) is -0.871. The van der Waals surface area contributed by atoms with Crippen molar-refractivity contribution >= 4 is 5.97 Å². The van der Waals surface area contributed by atoms with Gasteiger partial charge in [0, 0.05) is 0 Å². The van der Waals surface area contributed by atoms with E-state index in [1.54, 1.807) is 6.92 Å². The summed E-state index contributed by atoms with van der Waals surface area (Å²) in [7, 11) is 0. The fraction of sp³-hybridized carbons (Fsp3) is 0.900. The summed E-state index contributed by atoms with van der Waals surface area (Å²) in [6, 6.07) is -2.19. The second-order valence-corrected chi connectivity index (χ2v) is 3.60. The van der Waals surface area contributed by atoms with Crippen molar-refractivity contribution in [1.82, 2.24) is 0 Å². The van der Waals surface area contributed by atoms with Crippen LogP contribution in [-0.4, -0.2) is 24.8 Å². The molecule has 0 bridgehead atoms. The number of hydrogen-bond acceptors (Lipinski definition) is 3. The maximum Gasteiger partial charge on any atom is 0.404 e. The third-order valence-corrected chi connectivity index (χ3v) is 2.89. The van der Waals surface area contributed by atoms with Gasteiger partial charge in [0.1, 0.15) is 6.04 Å². The van der Waals surface area contributed by atoms with Crippen molar-refractivity contribution in [2.24, 2.45) is 11.1 Å². The highest BCUT2D eigenvalue weighted by Gasteiger charge is 2.54. The molecule has 0 aromatic heterocycles. The Morgan fingerprint density at radius 1 is 1.25 bits per heavy atom. The second-order valence-electron chi connectivity index (χ2n) is 3.60. The molecule has 0 unspecified atom stereocenters. The molecule has 0 spiro atoms.